The summed E-state index contributed by atoms with van der Waals surface area (Å²) < 4.78 is 0. The molecule has 1 aliphatic heterocycles. The molecule has 3 rings (SSSR count). The Labute approximate surface area is 129 Å². The van der Waals surface area contributed by atoms with E-state index in [4.69, 9.17) is 0 Å². The second-order valence-corrected chi connectivity index (χ2v) is 5.43. The van der Waals surface area contributed by atoms with Crippen molar-refractivity contribution >= 4 is 17.5 Å². The fourth-order valence-corrected chi connectivity index (χ4v) is 2.73. The highest BCUT2D eigenvalue weighted by atomic mass is 16.2. The molecule has 1 N–H and O–H groups in total. The van der Waals surface area contributed by atoms with Crippen molar-refractivity contribution in [1.82, 2.24) is 5.32 Å². The molecule has 0 unspecified atom stereocenters. The minimum absolute atomic E-state index is 0.0748. The summed E-state index contributed by atoms with van der Waals surface area (Å²) in [6.07, 6.45) is 0.862. The Morgan fingerprint density at radius 3 is 2.50 bits per heavy atom. The Bertz CT molecular complexity index is 697. The van der Waals surface area contributed by atoms with E-state index in [-0.39, 0.29) is 11.8 Å². The van der Waals surface area contributed by atoms with Crippen molar-refractivity contribution in [3.05, 3.63) is 65.7 Å². The maximum Gasteiger partial charge on any atom is 0.251 e. The Kier molecular flexibility index (Phi) is 3.92. The third kappa shape index (κ3) is 2.72. The van der Waals surface area contributed by atoms with Gasteiger partial charge < -0.3 is 10.2 Å². The number of para-hydroxylation sites is 1. The number of carbonyl (C=O) groups excluding carboxylic acids is 2. The third-order valence-corrected chi connectivity index (χ3v) is 3.91. The zero-order chi connectivity index (χ0) is 15.5. The lowest BCUT2D eigenvalue weighted by atomic mass is 10.1. The molecule has 4 nitrogen and oxygen atoms in total. The molecule has 0 spiro atoms. The first-order valence-electron chi connectivity index (χ1n) is 7.42. The van der Waals surface area contributed by atoms with E-state index >= 15 is 0 Å². The Balaban J connectivity index is 1.70. The number of carbonyl (C=O) groups is 2. The highest BCUT2D eigenvalue weighted by molar-refractivity contribution is 6.03. The topological polar surface area (TPSA) is 49.4 Å². The predicted octanol–water partition coefficient (Wildman–Crippen LogP) is 2.39. The molecule has 0 aromatic heterocycles. The van der Waals surface area contributed by atoms with Crippen LogP contribution in [0.4, 0.5) is 5.69 Å². The Morgan fingerprint density at radius 2 is 1.73 bits per heavy atom. The maximum absolute atomic E-state index is 12.6. The van der Waals surface area contributed by atoms with Gasteiger partial charge in [-0.05, 0) is 37.1 Å². The van der Waals surface area contributed by atoms with Crippen LogP contribution in [0.2, 0.25) is 0 Å². The summed E-state index contributed by atoms with van der Waals surface area (Å²) in [4.78, 5) is 26.5. The largest absolute Gasteiger partial charge is 0.341 e. The molecule has 112 valence electrons. The van der Waals surface area contributed by atoms with Gasteiger partial charge in [-0.2, -0.15) is 0 Å². The predicted molar refractivity (Wildman–Crippen MR) is 85.9 cm³/mol. The minimum Gasteiger partial charge on any atom is -0.341 e. The second-order valence-electron chi connectivity index (χ2n) is 5.43. The summed E-state index contributed by atoms with van der Waals surface area (Å²) in [6.45, 7) is 2.40. The van der Waals surface area contributed by atoms with Gasteiger partial charge in [0.25, 0.3) is 5.91 Å². The molecule has 0 saturated carbocycles. The fourth-order valence-electron chi connectivity index (χ4n) is 2.73. The van der Waals surface area contributed by atoms with E-state index in [9.17, 15) is 9.59 Å². The van der Waals surface area contributed by atoms with Crippen molar-refractivity contribution in [3.8, 4) is 0 Å². The molecule has 4 heteroatoms. The van der Waals surface area contributed by atoms with E-state index in [2.05, 4.69) is 5.32 Å². The lowest BCUT2D eigenvalue weighted by molar-refractivity contribution is -0.119. The van der Waals surface area contributed by atoms with Crippen molar-refractivity contribution in [1.29, 1.82) is 0 Å². The van der Waals surface area contributed by atoms with Crippen molar-refractivity contribution in [3.63, 3.8) is 0 Å². The van der Waals surface area contributed by atoms with Crippen LogP contribution in [0.1, 0.15) is 22.8 Å². The summed E-state index contributed by atoms with van der Waals surface area (Å²) >= 11 is 0. The van der Waals surface area contributed by atoms with Crippen LogP contribution in [0.5, 0.6) is 0 Å². The van der Waals surface area contributed by atoms with Crippen LogP contribution in [-0.4, -0.2) is 24.4 Å². The van der Waals surface area contributed by atoms with Gasteiger partial charge in [0.05, 0.1) is 0 Å². The summed E-state index contributed by atoms with van der Waals surface area (Å²) in [5, 5.41) is 2.77. The van der Waals surface area contributed by atoms with Gasteiger partial charge >= 0.3 is 0 Å². The minimum atomic E-state index is -0.557. The van der Waals surface area contributed by atoms with Gasteiger partial charge in [0.1, 0.15) is 6.04 Å². The van der Waals surface area contributed by atoms with E-state index in [0.717, 1.165) is 12.1 Å². The number of amides is 2. The summed E-state index contributed by atoms with van der Waals surface area (Å²) in [7, 11) is 0. The molecule has 0 saturated heterocycles. The molecule has 1 atom stereocenters. The third-order valence-electron chi connectivity index (χ3n) is 3.91. The Morgan fingerprint density at radius 1 is 1.05 bits per heavy atom. The molecule has 0 aliphatic carbocycles. The highest BCUT2D eigenvalue weighted by Crippen LogP contribution is 2.27. The van der Waals surface area contributed by atoms with E-state index in [1.807, 2.05) is 30.3 Å². The lowest BCUT2D eigenvalue weighted by Crippen LogP contribution is -2.46. The number of hydrogen-bond acceptors (Lipinski definition) is 2. The standard InChI is InChI=1S/C18H18N2O2/c1-13(19-17(21)15-8-3-2-4-9-15)18(22)20-12-11-14-7-5-6-10-16(14)20/h2-10,13H,11-12H2,1H3,(H,19,21)/t13-/m1/s1. The molecule has 2 aromatic carbocycles. The van der Waals surface area contributed by atoms with E-state index in [1.54, 1.807) is 36.1 Å². The van der Waals surface area contributed by atoms with Gasteiger partial charge in [0.2, 0.25) is 5.91 Å². The molecule has 0 fully saturated rings. The lowest BCUT2D eigenvalue weighted by Gasteiger charge is -2.22. The Hall–Kier alpha value is -2.62. The zero-order valence-electron chi connectivity index (χ0n) is 12.5. The molecule has 2 amide bonds. The van der Waals surface area contributed by atoms with Crippen LogP contribution in [0, 0.1) is 0 Å². The molecular formula is C18H18N2O2. The first kappa shape index (κ1) is 14.3. The van der Waals surface area contributed by atoms with Gasteiger partial charge in [-0.25, -0.2) is 0 Å². The molecule has 2 aromatic rings. The van der Waals surface area contributed by atoms with Gasteiger partial charge in [-0.1, -0.05) is 36.4 Å². The van der Waals surface area contributed by atoms with Crippen LogP contribution in [0.3, 0.4) is 0 Å². The van der Waals surface area contributed by atoms with E-state index in [0.29, 0.717) is 12.1 Å². The molecule has 0 radical (unpaired) electrons. The summed E-state index contributed by atoms with van der Waals surface area (Å²) in [5.74, 6) is -0.303. The molecule has 0 bridgehead atoms. The number of hydrogen-bond donors (Lipinski definition) is 1. The zero-order valence-corrected chi connectivity index (χ0v) is 12.5. The second kappa shape index (κ2) is 6.02. The number of benzene rings is 2. The number of fused-ring (bicyclic) bond motifs is 1. The normalized spacial score (nSPS) is 14.3. The SMILES string of the molecule is C[C@@H](NC(=O)c1ccccc1)C(=O)N1CCc2ccccc21. The molecule has 1 heterocycles. The average Bonchev–Trinajstić information content (AvgIpc) is 2.99. The fraction of sp³-hybridized carbons (Fsp3) is 0.222. The highest BCUT2D eigenvalue weighted by Gasteiger charge is 2.28. The average molecular weight is 294 g/mol. The number of anilines is 1. The van der Waals surface area contributed by atoms with Gasteiger partial charge in [0.15, 0.2) is 0 Å². The quantitative estimate of drug-likeness (QED) is 0.945. The summed E-state index contributed by atoms with van der Waals surface area (Å²) in [5.41, 5.74) is 2.69. The number of rotatable bonds is 3. The summed E-state index contributed by atoms with van der Waals surface area (Å²) in [6, 6.07) is 16.3. The van der Waals surface area contributed by atoms with Crippen LogP contribution in [0.15, 0.2) is 54.6 Å². The van der Waals surface area contributed by atoms with Gasteiger partial charge in [-0.3, -0.25) is 9.59 Å². The van der Waals surface area contributed by atoms with Crippen LogP contribution >= 0.6 is 0 Å². The van der Waals surface area contributed by atoms with Crippen molar-refractivity contribution in [2.75, 3.05) is 11.4 Å². The van der Waals surface area contributed by atoms with Crippen molar-refractivity contribution in [2.45, 2.75) is 19.4 Å². The van der Waals surface area contributed by atoms with Crippen LogP contribution < -0.4 is 10.2 Å². The molecule has 1 aliphatic rings. The smallest absolute Gasteiger partial charge is 0.251 e. The van der Waals surface area contributed by atoms with Gasteiger partial charge in [-0.15, -0.1) is 0 Å². The van der Waals surface area contributed by atoms with Crippen LogP contribution in [0.25, 0.3) is 0 Å². The number of nitrogens with one attached hydrogen (secondary N) is 1. The van der Waals surface area contributed by atoms with Gasteiger partial charge in [0, 0.05) is 17.8 Å². The van der Waals surface area contributed by atoms with E-state index < -0.39 is 6.04 Å². The van der Waals surface area contributed by atoms with E-state index in [1.165, 1.54) is 5.56 Å². The molecular weight excluding hydrogens is 276 g/mol. The van der Waals surface area contributed by atoms with Crippen molar-refractivity contribution in [2.24, 2.45) is 0 Å². The number of nitrogens with zero attached hydrogens (tertiary/aromatic N) is 1. The monoisotopic (exact) mass is 294 g/mol. The van der Waals surface area contributed by atoms with Crippen LogP contribution in [-0.2, 0) is 11.2 Å². The molecule has 22 heavy (non-hydrogen) atoms. The van der Waals surface area contributed by atoms with Crippen molar-refractivity contribution < 1.29 is 9.59 Å². The first-order chi connectivity index (χ1) is 10.7. The first-order valence-corrected chi connectivity index (χ1v) is 7.42. The maximum atomic E-state index is 12.6.